The zero-order chi connectivity index (χ0) is 13.1. The topological polar surface area (TPSA) is 53.4 Å². The maximum absolute atomic E-state index is 11.3. The predicted octanol–water partition coefficient (Wildman–Crippen LogP) is 2.53. The molecule has 0 radical (unpaired) electrons. The van der Waals surface area contributed by atoms with Gasteiger partial charge in [0.15, 0.2) is 0 Å². The first-order valence-corrected chi connectivity index (χ1v) is 6.93. The lowest BCUT2D eigenvalue weighted by Gasteiger charge is -2.35. The van der Waals surface area contributed by atoms with Crippen molar-refractivity contribution in [3.8, 4) is 0 Å². The minimum Gasteiger partial charge on any atom is -0.480 e. The van der Waals surface area contributed by atoms with Gasteiger partial charge in [-0.3, -0.25) is 14.7 Å². The van der Waals surface area contributed by atoms with Crippen LogP contribution in [0.3, 0.4) is 0 Å². The Balaban J connectivity index is 2.06. The molecule has 0 aromatic carbocycles. The van der Waals surface area contributed by atoms with E-state index in [0.717, 1.165) is 29.6 Å². The molecule has 2 heterocycles. The van der Waals surface area contributed by atoms with Gasteiger partial charge in [0.2, 0.25) is 0 Å². The Kier molecular flexibility index (Phi) is 4.35. The van der Waals surface area contributed by atoms with Crippen molar-refractivity contribution in [3.05, 3.63) is 28.5 Å². The van der Waals surface area contributed by atoms with Crippen LogP contribution < -0.4 is 0 Å². The third kappa shape index (κ3) is 3.29. The average Bonchev–Trinajstić information content (AvgIpc) is 2.34. The molecule has 4 nitrogen and oxygen atoms in total. The molecule has 18 heavy (non-hydrogen) atoms. The number of aliphatic carboxylic acids is 1. The maximum atomic E-state index is 11.3. The molecule has 5 heteroatoms. The fraction of sp³-hybridized carbons (Fsp3) is 0.538. The first-order valence-electron chi connectivity index (χ1n) is 6.13. The maximum Gasteiger partial charge on any atom is 0.320 e. The van der Waals surface area contributed by atoms with Gasteiger partial charge in [-0.25, -0.2) is 0 Å². The van der Waals surface area contributed by atoms with Crippen LogP contribution in [0.25, 0.3) is 0 Å². The molecule has 1 N–H and O–H groups in total. The standard InChI is InChI=1S/C13H17BrN2O2/c1-9-4-5-16(12(6-9)13(17)18)8-11-3-2-10(14)7-15-11/h2-3,7,9,12H,4-6,8H2,1H3,(H,17,18). The summed E-state index contributed by atoms with van der Waals surface area (Å²) in [5.74, 6) is -0.237. The number of hydrogen-bond acceptors (Lipinski definition) is 3. The number of piperidine rings is 1. The van der Waals surface area contributed by atoms with Crippen LogP contribution in [-0.4, -0.2) is 33.5 Å². The quantitative estimate of drug-likeness (QED) is 0.932. The summed E-state index contributed by atoms with van der Waals surface area (Å²) in [5.41, 5.74) is 0.916. The van der Waals surface area contributed by atoms with Crippen molar-refractivity contribution < 1.29 is 9.90 Å². The van der Waals surface area contributed by atoms with Gasteiger partial charge in [0, 0.05) is 17.2 Å². The fourth-order valence-corrected chi connectivity index (χ4v) is 2.58. The van der Waals surface area contributed by atoms with Crippen LogP contribution in [0.5, 0.6) is 0 Å². The normalized spacial score (nSPS) is 25.0. The SMILES string of the molecule is CC1CCN(Cc2ccc(Br)cn2)C(C(=O)O)C1. The van der Waals surface area contributed by atoms with Crippen molar-refractivity contribution in [1.29, 1.82) is 0 Å². The highest BCUT2D eigenvalue weighted by atomic mass is 79.9. The Hall–Kier alpha value is -0.940. The zero-order valence-electron chi connectivity index (χ0n) is 10.3. The van der Waals surface area contributed by atoms with Crippen molar-refractivity contribution in [1.82, 2.24) is 9.88 Å². The Labute approximate surface area is 115 Å². The second-order valence-corrected chi connectivity index (χ2v) is 5.84. The molecule has 2 atom stereocenters. The number of nitrogens with zero attached hydrogens (tertiary/aromatic N) is 2. The van der Waals surface area contributed by atoms with Crippen molar-refractivity contribution in [2.24, 2.45) is 5.92 Å². The molecule has 0 amide bonds. The summed E-state index contributed by atoms with van der Waals surface area (Å²) in [6.45, 7) is 3.55. The number of likely N-dealkylation sites (tertiary alicyclic amines) is 1. The summed E-state index contributed by atoms with van der Waals surface area (Å²) >= 11 is 3.34. The molecular weight excluding hydrogens is 296 g/mol. The minimum absolute atomic E-state index is 0.376. The second-order valence-electron chi connectivity index (χ2n) is 4.92. The fourth-order valence-electron chi connectivity index (χ4n) is 2.34. The summed E-state index contributed by atoms with van der Waals surface area (Å²) in [4.78, 5) is 17.6. The van der Waals surface area contributed by atoms with Gasteiger partial charge in [-0.1, -0.05) is 6.92 Å². The highest BCUT2D eigenvalue weighted by Gasteiger charge is 2.31. The summed E-state index contributed by atoms with van der Waals surface area (Å²) in [5, 5.41) is 9.28. The molecule has 0 aliphatic carbocycles. The van der Waals surface area contributed by atoms with Gasteiger partial charge < -0.3 is 5.11 Å². The van der Waals surface area contributed by atoms with Gasteiger partial charge in [-0.2, -0.15) is 0 Å². The van der Waals surface area contributed by atoms with Gasteiger partial charge in [0.05, 0.1) is 5.69 Å². The van der Waals surface area contributed by atoms with E-state index in [1.807, 2.05) is 17.0 Å². The van der Waals surface area contributed by atoms with E-state index in [1.54, 1.807) is 6.20 Å². The zero-order valence-corrected chi connectivity index (χ0v) is 11.9. The highest BCUT2D eigenvalue weighted by molar-refractivity contribution is 9.10. The smallest absolute Gasteiger partial charge is 0.320 e. The molecule has 1 aromatic rings. The molecule has 0 saturated carbocycles. The lowest BCUT2D eigenvalue weighted by Crippen LogP contribution is -2.46. The molecule has 0 spiro atoms. The van der Waals surface area contributed by atoms with Gasteiger partial charge >= 0.3 is 5.97 Å². The number of rotatable bonds is 3. The number of hydrogen-bond donors (Lipinski definition) is 1. The molecule has 98 valence electrons. The Morgan fingerprint density at radius 2 is 2.39 bits per heavy atom. The molecule has 2 rings (SSSR count). The predicted molar refractivity (Wildman–Crippen MR) is 72.2 cm³/mol. The lowest BCUT2D eigenvalue weighted by molar-refractivity contribution is -0.145. The number of halogens is 1. The average molecular weight is 313 g/mol. The summed E-state index contributed by atoms with van der Waals surface area (Å²) in [6, 6.07) is 3.49. The van der Waals surface area contributed by atoms with Crippen molar-refractivity contribution in [2.45, 2.75) is 32.4 Å². The molecule has 1 saturated heterocycles. The van der Waals surface area contributed by atoms with E-state index in [4.69, 9.17) is 0 Å². The van der Waals surface area contributed by atoms with Crippen LogP contribution in [0.1, 0.15) is 25.5 Å². The second kappa shape index (κ2) is 5.80. The molecule has 0 bridgehead atoms. The number of carboxylic acid groups (broad SMARTS) is 1. The van der Waals surface area contributed by atoms with Gasteiger partial charge in [-0.15, -0.1) is 0 Å². The van der Waals surface area contributed by atoms with Crippen LogP contribution in [0.4, 0.5) is 0 Å². The van der Waals surface area contributed by atoms with E-state index < -0.39 is 5.97 Å². The lowest BCUT2D eigenvalue weighted by atomic mass is 9.92. The van der Waals surface area contributed by atoms with Crippen LogP contribution in [0, 0.1) is 5.92 Å². The van der Waals surface area contributed by atoms with E-state index in [9.17, 15) is 9.90 Å². The van der Waals surface area contributed by atoms with E-state index in [2.05, 4.69) is 27.8 Å². The first-order chi connectivity index (χ1) is 8.56. The monoisotopic (exact) mass is 312 g/mol. The Morgan fingerprint density at radius 3 is 3.00 bits per heavy atom. The largest absolute Gasteiger partial charge is 0.480 e. The van der Waals surface area contributed by atoms with Gasteiger partial charge in [0.1, 0.15) is 6.04 Å². The molecule has 2 unspecified atom stereocenters. The Morgan fingerprint density at radius 1 is 1.61 bits per heavy atom. The van der Waals surface area contributed by atoms with Crippen LogP contribution >= 0.6 is 15.9 Å². The van der Waals surface area contributed by atoms with E-state index in [-0.39, 0.29) is 6.04 Å². The van der Waals surface area contributed by atoms with Gasteiger partial charge in [-0.05, 0) is 53.4 Å². The summed E-state index contributed by atoms with van der Waals surface area (Å²) in [7, 11) is 0. The first kappa shape index (κ1) is 13.5. The third-order valence-corrected chi connectivity index (χ3v) is 3.88. The molecule has 1 aliphatic heterocycles. The minimum atomic E-state index is -0.723. The molecule has 1 aromatic heterocycles. The molecule has 1 aliphatic rings. The van der Waals surface area contributed by atoms with Crippen LogP contribution in [0.15, 0.2) is 22.8 Å². The van der Waals surface area contributed by atoms with E-state index >= 15 is 0 Å². The summed E-state index contributed by atoms with van der Waals surface area (Å²) < 4.78 is 0.938. The van der Waals surface area contributed by atoms with Crippen molar-refractivity contribution in [3.63, 3.8) is 0 Å². The molecular formula is C13H17BrN2O2. The van der Waals surface area contributed by atoms with E-state index in [1.165, 1.54) is 0 Å². The van der Waals surface area contributed by atoms with Gasteiger partial charge in [0.25, 0.3) is 0 Å². The molecule has 1 fully saturated rings. The van der Waals surface area contributed by atoms with E-state index in [0.29, 0.717) is 12.5 Å². The number of aromatic nitrogens is 1. The number of pyridine rings is 1. The summed E-state index contributed by atoms with van der Waals surface area (Å²) in [6.07, 6.45) is 3.53. The van der Waals surface area contributed by atoms with Crippen LogP contribution in [-0.2, 0) is 11.3 Å². The number of carboxylic acids is 1. The number of carbonyl (C=O) groups is 1. The van der Waals surface area contributed by atoms with Crippen molar-refractivity contribution in [2.75, 3.05) is 6.54 Å². The van der Waals surface area contributed by atoms with Crippen LogP contribution in [0.2, 0.25) is 0 Å². The Bertz CT molecular complexity index is 422. The third-order valence-electron chi connectivity index (χ3n) is 3.41. The highest BCUT2D eigenvalue weighted by Crippen LogP contribution is 2.24. The van der Waals surface area contributed by atoms with Crippen molar-refractivity contribution >= 4 is 21.9 Å².